The van der Waals surface area contributed by atoms with Crippen LogP contribution in [-0.2, 0) is 6.42 Å². The second kappa shape index (κ2) is 7.13. The van der Waals surface area contributed by atoms with Gasteiger partial charge >= 0.3 is 0 Å². The van der Waals surface area contributed by atoms with Gasteiger partial charge in [0.15, 0.2) is 0 Å². The van der Waals surface area contributed by atoms with Gasteiger partial charge < -0.3 is 10.2 Å². The summed E-state index contributed by atoms with van der Waals surface area (Å²) < 4.78 is 2.04. The zero-order valence-corrected chi connectivity index (χ0v) is 17.5. The summed E-state index contributed by atoms with van der Waals surface area (Å²) in [6.07, 6.45) is 7.79. The lowest BCUT2D eigenvalue weighted by Gasteiger charge is -2.47. The van der Waals surface area contributed by atoms with Crippen LogP contribution in [-0.4, -0.2) is 20.0 Å². The third-order valence-corrected chi connectivity index (χ3v) is 7.16. The lowest BCUT2D eigenvalue weighted by Crippen LogP contribution is -2.40. The molecule has 1 saturated carbocycles. The van der Waals surface area contributed by atoms with E-state index in [4.69, 9.17) is 5.10 Å². The van der Waals surface area contributed by atoms with Crippen molar-refractivity contribution < 1.29 is 10.2 Å². The summed E-state index contributed by atoms with van der Waals surface area (Å²) in [7, 11) is 0. The van der Waals surface area contributed by atoms with Gasteiger partial charge in [-0.15, -0.1) is 0 Å². The molecule has 0 aliphatic heterocycles. The number of fused-ring (bicyclic) bond motifs is 2. The third-order valence-electron chi connectivity index (χ3n) is 7.16. The fourth-order valence-corrected chi connectivity index (χ4v) is 5.38. The fraction of sp³-hybridized carbons (Fsp3) is 0.346. The van der Waals surface area contributed by atoms with Crippen molar-refractivity contribution in [3.63, 3.8) is 0 Å². The second-order valence-electron chi connectivity index (χ2n) is 9.10. The number of phenols is 1. The summed E-state index contributed by atoms with van der Waals surface area (Å²) in [5.41, 5.74) is 6.93. The van der Waals surface area contributed by atoms with E-state index in [-0.39, 0.29) is 17.1 Å². The minimum Gasteiger partial charge on any atom is -0.508 e. The van der Waals surface area contributed by atoms with Crippen molar-refractivity contribution in [1.29, 1.82) is 0 Å². The lowest BCUT2D eigenvalue weighted by atomic mass is 9.57. The normalized spacial score (nSPS) is 24.0. The first-order valence-corrected chi connectivity index (χ1v) is 10.8. The van der Waals surface area contributed by atoms with Gasteiger partial charge in [-0.25, -0.2) is 4.68 Å². The molecular weight excluding hydrogens is 372 g/mol. The van der Waals surface area contributed by atoms with E-state index in [1.165, 1.54) is 22.4 Å². The van der Waals surface area contributed by atoms with Gasteiger partial charge in [0.1, 0.15) is 5.75 Å². The fourth-order valence-electron chi connectivity index (χ4n) is 5.38. The molecule has 0 saturated heterocycles. The molecule has 4 heteroatoms. The monoisotopic (exact) mass is 400 g/mol. The smallest absolute Gasteiger partial charge is 0.115 e. The first kappa shape index (κ1) is 19.1. The number of aryl methyl sites for hydroxylation is 1. The highest BCUT2D eigenvalue weighted by Gasteiger charge is 2.46. The molecule has 154 valence electrons. The summed E-state index contributed by atoms with van der Waals surface area (Å²) in [6, 6.07) is 15.5. The Morgan fingerprint density at radius 3 is 2.57 bits per heavy atom. The first-order chi connectivity index (χ1) is 14.5. The minimum absolute atomic E-state index is 0.0936. The molecule has 30 heavy (non-hydrogen) atoms. The quantitative estimate of drug-likeness (QED) is 0.622. The topological polar surface area (TPSA) is 58.3 Å². The zero-order valence-electron chi connectivity index (χ0n) is 17.5. The molecule has 1 fully saturated rings. The van der Waals surface area contributed by atoms with Crippen LogP contribution in [0, 0.1) is 18.3 Å². The Balaban J connectivity index is 1.51. The van der Waals surface area contributed by atoms with Crippen LogP contribution >= 0.6 is 0 Å². The van der Waals surface area contributed by atoms with E-state index < -0.39 is 6.10 Å². The summed E-state index contributed by atoms with van der Waals surface area (Å²) in [5, 5.41) is 25.6. The zero-order chi connectivity index (χ0) is 20.9. The van der Waals surface area contributed by atoms with Crippen molar-refractivity contribution in [3.8, 4) is 11.4 Å². The molecule has 4 nitrogen and oxygen atoms in total. The van der Waals surface area contributed by atoms with Crippen molar-refractivity contribution in [3.05, 3.63) is 82.7 Å². The molecule has 0 radical (unpaired) electrons. The van der Waals surface area contributed by atoms with Gasteiger partial charge in [-0.05, 0) is 85.4 Å². The van der Waals surface area contributed by atoms with Crippen molar-refractivity contribution in [2.24, 2.45) is 11.3 Å². The standard InChI is InChI=1S/C26H28N2O2/c1-17-6-10-21(11-7-17)28-24-14-20-4-3-5-23(26(20,2)15-19(24)16-27-28)25(30)18-8-12-22(29)13-9-18/h6-14,16,23,25,29-30H,3-5,15H2,1-2H3/t23-,25+,26+/m1/s1. The highest BCUT2D eigenvalue weighted by Crippen LogP contribution is 2.54. The largest absolute Gasteiger partial charge is 0.508 e. The molecule has 0 bridgehead atoms. The number of aliphatic hydroxyl groups excluding tert-OH is 1. The van der Waals surface area contributed by atoms with E-state index in [1.807, 2.05) is 23.0 Å². The molecule has 2 aromatic carbocycles. The number of nitrogens with zero attached hydrogens (tertiary/aromatic N) is 2. The SMILES string of the molecule is Cc1ccc(-n2ncc3c2C=C2CCC[C@H]([C@@H](O)c4ccc(O)cc4)[C@@]2(C)C3)cc1. The predicted molar refractivity (Wildman–Crippen MR) is 118 cm³/mol. The van der Waals surface area contributed by atoms with Gasteiger partial charge in [0.05, 0.1) is 23.7 Å². The molecule has 0 unspecified atom stereocenters. The third kappa shape index (κ3) is 3.07. The van der Waals surface area contributed by atoms with Gasteiger partial charge in [0.2, 0.25) is 0 Å². The molecule has 5 rings (SSSR count). The number of hydrogen-bond acceptors (Lipinski definition) is 3. The maximum absolute atomic E-state index is 11.3. The molecule has 1 aromatic heterocycles. The number of hydrogen-bond donors (Lipinski definition) is 2. The molecule has 2 N–H and O–H groups in total. The van der Waals surface area contributed by atoms with Crippen LogP contribution in [0.15, 0.2) is 60.3 Å². The Hall–Kier alpha value is -2.85. The van der Waals surface area contributed by atoms with Crippen LogP contribution in [0.4, 0.5) is 0 Å². The Kier molecular flexibility index (Phi) is 4.55. The predicted octanol–water partition coefficient (Wildman–Crippen LogP) is 5.37. The van der Waals surface area contributed by atoms with E-state index in [1.54, 1.807) is 12.1 Å². The van der Waals surface area contributed by atoms with E-state index in [0.29, 0.717) is 0 Å². The number of aromatic hydroxyl groups is 1. The lowest BCUT2D eigenvalue weighted by molar-refractivity contribution is 0.0217. The molecule has 2 aliphatic carbocycles. The van der Waals surface area contributed by atoms with Crippen LogP contribution in [0.25, 0.3) is 11.8 Å². The Bertz CT molecular complexity index is 1100. The minimum atomic E-state index is -0.548. The number of aromatic nitrogens is 2. The summed E-state index contributed by atoms with van der Waals surface area (Å²) in [4.78, 5) is 0. The average Bonchev–Trinajstić information content (AvgIpc) is 3.14. The van der Waals surface area contributed by atoms with E-state index in [9.17, 15) is 10.2 Å². The van der Waals surface area contributed by atoms with Crippen molar-refractivity contribution >= 4 is 6.08 Å². The molecule has 2 aliphatic rings. The van der Waals surface area contributed by atoms with Crippen LogP contribution in [0.2, 0.25) is 0 Å². The van der Waals surface area contributed by atoms with Gasteiger partial charge in [-0.3, -0.25) is 0 Å². The Morgan fingerprint density at radius 2 is 1.83 bits per heavy atom. The van der Waals surface area contributed by atoms with Crippen LogP contribution in [0.5, 0.6) is 5.75 Å². The highest BCUT2D eigenvalue weighted by atomic mass is 16.3. The van der Waals surface area contributed by atoms with E-state index in [2.05, 4.69) is 44.2 Å². The molecule has 1 heterocycles. The maximum atomic E-state index is 11.3. The van der Waals surface area contributed by atoms with Crippen molar-refractivity contribution in [2.75, 3.05) is 0 Å². The summed E-state index contributed by atoms with van der Waals surface area (Å²) in [6.45, 7) is 4.40. The summed E-state index contributed by atoms with van der Waals surface area (Å²) >= 11 is 0. The molecule has 3 aromatic rings. The van der Waals surface area contributed by atoms with E-state index >= 15 is 0 Å². The number of phenolic OH excluding ortho intramolecular Hbond substituents is 1. The van der Waals surface area contributed by atoms with Gasteiger partial charge in [0, 0.05) is 0 Å². The number of rotatable bonds is 3. The van der Waals surface area contributed by atoms with Crippen molar-refractivity contribution in [2.45, 2.75) is 45.6 Å². The van der Waals surface area contributed by atoms with Crippen LogP contribution in [0.1, 0.15) is 54.7 Å². The Labute approximate surface area is 177 Å². The van der Waals surface area contributed by atoms with Crippen LogP contribution < -0.4 is 0 Å². The second-order valence-corrected chi connectivity index (χ2v) is 9.10. The first-order valence-electron chi connectivity index (χ1n) is 10.8. The van der Waals surface area contributed by atoms with Crippen molar-refractivity contribution in [1.82, 2.24) is 9.78 Å². The Morgan fingerprint density at radius 1 is 1.10 bits per heavy atom. The molecular formula is C26H28N2O2. The van der Waals surface area contributed by atoms with Crippen LogP contribution in [0.3, 0.4) is 0 Å². The van der Waals surface area contributed by atoms with Gasteiger partial charge in [0.25, 0.3) is 0 Å². The number of benzene rings is 2. The average molecular weight is 401 g/mol. The number of allylic oxidation sites excluding steroid dienone is 1. The number of aliphatic hydroxyl groups is 1. The van der Waals surface area contributed by atoms with E-state index in [0.717, 1.165) is 36.9 Å². The van der Waals surface area contributed by atoms with Gasteiger partial charge in [-0.1, -0.05) is 42.3 Å². The molecule has 0 spiro atoms. The van der Waals surface area contributed by atoms with Gasteiger partial charge in [-0.2, -0.15) is 5.10 Å². The molecule has 0 amide bonds. The summed E-state index contributed by atoms with van der Waals surface area (Å²) in [5.74, 6) is 0.366. The highest BCUT2D eigenvalue weighted by molar-refractivity contribution is 5.61. The maximum Gasteiger partial charge on any atom is 0.115 e. The molecule has 3 atom stereocenters.